The van der Waals surface area contributed by atoms with E-state index in [9.17, 15) is 9.59 Å². The lowest BCUT2D eigenvalue weighted by Gasteiger charge is -2.22. The first-order valence-corrected chi connectivity index (χ1v) is 4.42. The SMILES string of the molecule is CCCC1(C(N)=O)CCC(=O)C1. The molecule has 0 heterocycles. The number of rotatable bonds is 3. The lowest BCUT2D eigenvalue weighted by molar-refractivity contribution is -0.130. The number of Topliss-reactive ketones (excluding diaryl/α,β-unsaturated/α-hetero) is 1. The first-order valence-electron chi connectivity index (χ1n) is 4.42. The number of hydrogen-bond acceptors (Lipinski definition) is 2. The zero-order valence-corrected chi connectivity index (χ0v) is 7.43. The number of primary amides is 1. The van der Waals surface area contributed by atoms with Crippen molar-refractivity contribution in [1.82, 2.24) is 0 Å². The maximum atomic E-state index is 11.1. The minimum Gasteiger partial charge on any atom is -0.369 e. The molecule has 0 spiro atoms. The molecule has 1 rings (SSSR count). The summed E-state index contributed by atoms with van der Waals surface area (Å²) in [6.45, 7) is 2.01. The van der Waals surface area contributed by atoms with Gasteiger partial charge in [-0.1, -0.05) is 13.3 Å². The minimum absolute atomic E-state index is 0.183. The van der Waals surface area contributed by atoms with Gasteiger partial charge in [0, 0.05) is 12.8 Å². The van der Waals surface area contributed by atoms with Crippen molar-refractivity contribution >= 4 is 11.7 Å². The molecule has 1 aliphatic carbocycles. The third kappa shape index (κ3) is 1.49. The van der Waals surface area contributed by atoms with Gasteiger partial charge in [-0.3, -0.25) is 9.59 Å². The van der Waals surface area contributed by atoms with Gasteiger partial charge in [-0.15, -0.1) is 0 Å². The van der Waals surface area contributed by atoms with Crippen LogP contribution in [0.25, 0.3) is 0 Å². The monoisotopic (exact) mass is 169 g/mol. The summed E-state index contributed by atoms with van der Waals surface area (Å²) in [6, 6.07) is 0. The molecule has 2 N–H and O–H groups in total. The standard InChI is InChI=1S/C9H15NO2/c1-2-4-9(8(10)12)5-3-7(11)6-9/h2-6H2,1H3,(H2,10,12). The molecule has 0 radical (unpaired) electrons. The summed E-state index contributed by atoms with van der Waals surface area (Å²) in [7, 11) is 0. The highest BCUT2D eigenvalue weighted by Crippen LogP contribution is 2.39. The highest BCUT2D eigenvalue weighted by atomic mass is 16.2. The molecule has 3 nitrogen and oxygen atoms in total. The Bertz CT molecular complexity index is 213. The molecule has 3 heteroatoms. The van der Waals surface area contributed by atoms with Crippen LogP contribution >= 0.6 is 0 Å². The van der Waals surface area contributed by atoms with Crippen LogP contribution in [0.4, 0.5) is 0 Å². The molecule has 1 aliphatic rings. The third-order valence-corrected chi connectivity index (χ3v) is 2.67. The molecule has 68 valence electrons. The van der Waals surface area contributed by atoms with Crippen LogP contribution in [0.3, 0.4) is 0 Å². The quantitative estimate of drug-likeness (QED) is 0.685. The molecule has 1 saturated carbocycles. The van der Waals surface area contributed by atoms with Crippen molar-refractivity contribution < 1.29 is 9.59 Å². The topological polar surface area (TPSA) is 60.2 Å². The highest BCUT2D eigenvalue weighted by Gasteiger charge is 2.42. The third-order valence-electron chi connectivity index (χ3n) is 2.67. The second-order valence-corrected chi connectivity index (χ2v) is 3.61. The number of carbonyl (C=O) groups is 2. The zero-order chi connectivity index (χ0) is 9.19. The van der Waals surface area contributed by atoms with Gasteiger partial charge in [0.25, 0.3) is 0 Å². The first kappa shape index (κ1) is 9.23. The van der Waals surface area contributed by atoms with Gasteiger partial charge in [0.15, 0.2) is 0 Å². The molecule has 1 unspecified atom stereocenters. The predicted molar refractivity (Wildman–Crippen MR) is 45.4 cm³/mol. The van der Waals surface area contributed by atoms with Gasteiger partial charge >= 0.3 is 0 Å². The van der Waals surface area contributed by atoms with Crippen molar-refractivity contribution in [2.75, 3.05) is 0 Å². The van der Waals surface area contributed by atoms with Crippen molar-refractivity contribution in [3.63, 3.8) is 0 Å². The summed E-state index contributed by atoms with van der Waals surface area (Å²) in [5.41, 5.74) is 4.80. The van der Waals surface area contributed by atoms with Crippen LogP contribution in [0.2, 0.25) is 0 Å². The summed E-state index contributed by atoms with van der Waals surface area (Å²) in [5.74, 6) is -0.113. The molecule has 1 fully saturated rings. The van der Waals surface area contributed by atoms with Gasteiger partial charge in [0.05, 0.1) is 5.41 Å². The normalized spacial score (nSPS) is 29.2. The number of carbonyl (C=O) groups excluding carboxylic acids is 2. The van der Waals surface area contributed by atoms with Crippen molar-refractivity contribution in [3.8, 4) is 0 Å². The van der Waals surface area contributed by atoms with Gasteiger partial charge < -0.3 is 5.73 Å². The number of hydrogen-bond donors (Lipinski definition) is 1. The number of amides is 1. The maximum Gasteiger partial charge on any atom is 0.224 e. The molecule has 0 aromatic heterocycles. The van der Waals surface area contributed by atoms with Crippen LogP contribution in [-0.4, -0.2) is 11.7 Å². The van der Waals surface area contributed by atoms with Crippen molar-refractivity contribution in [2.24, 2.45) is 11.1 Å². The van der Waals surface area contributed by atoms with E-state index in [1.807, 2.05) is 6.92 Å². The summed E-state index contributed by atoms with van der Waals surface area (Å²) in [6.07, 6.45) is 3.23. The molecular formula is C9H15NO2. The maximum absolute atomic E-state index is 11.1. The van der Waals surface area contributed by atoms with Crippen LogP contribution in [0.15, 0.2) is 0 Å². The van der Waals surface area contributed by atoms with Gasteiger partial charge in [-0.25, -0.2) is 0 Å². The average Bonchev–Trinajstić information content (AvgIpc) is 2.34. The second-order valence-electron chi connectivity index (χ2n) is 3.61. The Labute approximate surface area is 72.3 Å². The van der Waals surface area contributed by atoms with E-state index >= 15 is 0 Å². The van der Waals surface area contributed by atoms with Crippen LogP contribution in [0.5, 0.6) is 0 Å². The number of ketones is 1. The van der Waals surface area contributed by atoms with E-state index in [4.69, 9.17) is 5.73 Å². The Balaban J connectivity index is 2.74. The molecule has 1 amide bonds. The van der Waals surface area contributed by atoms with Gasteiger partial charge in [-0.2, -0.15) is 0 Å². The summed E-state index contributed by atoms with van der Waals surface area (Å²) in [4.78, 5) is 22.2. The molecule has 0 aliphatic heterocycles. The Morgan fingerprint density at radius 2 is 2.33 bits per heavy atom. The summed E-state index contributed by atoms with van der Waals surface area (Å²) in [5, 5.41) is 0. The van der Waals surface area contributed by atoms with Gasteiger partial charge in [0.2, 0.25) is 5.91 Å². The predicted octanol–water partition coefficient (Wildman–Crippen LogP) is 1.01. The Morgan fingerprint density at radius 1 is 1.67 bits per heavy atom. The second kappa shape index (κ2) is 3.25. The fourth-order valence-electron chi connectivity index (χ4n) is 1.96. The summed E-state index contributed by atoms with van der Waals surface area (Å²) >= 11 is 0. The van der Waals surface area contributed by atoms with Gasteiger partial charge in [0.1, 0.15) is 5.78 Å². The Kier molecular flexibility index (Phi) is 2.50. The molecular weight excluding hydrogens is 154 g/mol. The van der Waals surface area contributed by atoms with E-state index in [1.165, 1.54) is 0 Å². The van der Waals surface area contributed by atoms with Crippen LogP contribution in [0, 0.1) is 5.41 Å². The van der Waals surface area contributed by atoms with E-state index in [-0.39, 0.29) is 11.7 Å². The molecule has 1 atom stereocenters. The van der Waals surface area contributed by atoms with Gasteiger partial charge in [-0.05, 0) is 12.8 Å². The Morgan fingerprint density at radius 3 is 2.67 bits per heavy atom. The van der Waals surface area contributed by atoms with E-state index in [0.29, 0.717) is 19.3 Å². The first-order chi connectivity index (χ1) is 5.60. The molecule has 12 heavy (non-hydrogen) atoms. The molecule has 0 saturated heterocycles. The van der Waals surface area contributed by atoms with Crippen molar-refractivity contribution in [3.05, 3.63) is 0 Å². The fraction of sp³-hybridized carbons (Fsp3) is 0.778. The molecule has 0 aromatic carbocycles. The lowest BCUT2D eigenvalue weighted by Crippen LogP contribution is -2.34. The zero-order valence-electron chi connectivity index (χ0n) is 7.43. The van der Waals surface area contributed by atoms with Crippen LogP contribution in [0.1, 0.15) is 39.0 Å². The van der Waals surface area contributed by atoms with Crippen molar-refractivity contribution in [2.45, 2.75) is 39.0 Å². The van der Waals surface area contributed by atoms with Crippen LogP contribution < -0.4 is 5.73 Å². The smallest absolute Gasteiger partial charge is 0.224 e. The summed E-state index contributed by atoms with van der Waals surface area (Å²) < 4.78 is 0. The minimum atomic E-state index is -0.494. The van der Waals surface area contributed by atoms with E-state index < -0.39 is 5.41 Å². The van der Waals surface area contributed by atoms with Crippen molar-refractivity contribution in [1.29, 1.82) is 0 Å². The molecule has 0 aromatic rings. The van der Waals surface area contributed by atoms with E-state index in [2.05, 4.69) is 0 Å². The highest BCUT2D eigenvalue weighted by molar-refractivity contribution is 5.92. The Hall–Kier alpha value is -0.860. The van der Waals surface area contributed by atoms with E-state index in [0.717, 1.165) is 12.8 Å². The number of nitrogens with two attached hydrogens (primary N) is 1. The fourth-order valence-corrected chi connectivity index (χ4v) is 1.96. The van der Waals surface area contributed by atoms with Crippen LogP contribution in [-0.2, 0) is 9.59 Å². The molecule has 0 bridgehead atoms. The average molecular weight is 169 g/mol. The largest absolute Gasteiger partial charge is 0.369 e. The van der Waals surface area contributed by atoms with E-state index in [1.54, 1.807) is 0 Å². The lowest BCUT2D eigenvalue weighted by atomic mass is 9.81.